The van der Waals surface area contributed by atoms with E-state index in [9.17, 15) is 13.2 Å². The molecule has 0 spiro atoms. The van der Waals surface area contributed by atoms with Crippen LogP contribution in [0.3, 0.4) is 0 Å². The van der Waals surface area contributed by atoms with Crippen molar-refractivity contribution in [3.63, 3.8) is 0 Å². The quantitative estimate of drug-likeness (QED) is 0.514. The van der Waals surface area contributed by atoms with Gasteiger partial charge in [0.25, 0.3) is 5.91 Å². The minimum absolute atomic E-state index is 0.104. The smallest absolute Gasteiger partial charge is 0.280 e. The van der Waals surface area contributed by atoms with Crippen molar-refractivity contribution in [3.05, 3.63) is 77.3 Å². The topological polar surface area (TPSA) is 124 Å². The van der Waals surface area contributed by atoms with Crippen molar-refractivity contribution in [2.24, 2.45) is 10.2 Å². The average Bonchev–Trinajstić information content (AvgIpc) is 3.35. The Morgan fingerprint density at radius 3 is 2.56 bits per heavy atom. The van der Waals surface area contributed by atoms with Crippen LogP contribution >= 0.6 is 0 Å². The number of hydrogen-bond acceptors (Lipinski definition) is 7. The number of nitrogens with two attached hydrogens (primary N) is 1. The summed E-state index contributed by atoms with van der Waals surface area (Å²) >= 11 is 0. The molecule has 1 aromatic heterocycles. The number of amides is 1. The molecule has 2 aromatic carbocycles. The molecule has 176 valence electrons. The minimum atomic E-state index is -3.91. The zero-order valence-electron chi connectivity index (χ0n) is 18.8. The molecule has 4 rings (SSSR count). The lowest BCUT2D eigenvalue weighted by Crippen LogP contribution is -2.22. The molecule has 1 aliphatic rings. The zero-order valence-corrected chi connectivity index (χ0v) is 19.6. The Labute approximate surface area is 197 Å². The van der Waals surface area contributed by atoms with Gasteiger partial charge in [-0.05, 0) is 68.0 Å². The van der Waals surface area contributed by atoms with Gasteiger partial charge < -0.3 is 13.9 Å². The van der Waals surface area contributed by atoms with E-state index in [1.807, 2.05) is 19.1 Å². The molecule has 0 bridgehead atoms. The third-order valence-corrected chi connectivity index (χ3v) is 6.03. The van der Waals surface area contributed by atoms with Gasteiger partial charge in [-0.25, -0.2) is 13.6 Å². The molecule has 2 N–H and O–H groups in total. The largest absolute Gasteiger partial charge is 0.493 e. The first kappa shape index (κ1) is 23.3. The van der Waals surface area contributed by atoms with Crippen molar-refractivity contribution < 1.29 is 27.1 Å². The number of anilines is 1. The van der Waals surface area contributed by atoms with Crippen molar-refractivity contribution in [2.45, 2.75) is 25.3 Å². The molecule has 34 heavy (non-hydrogen) atoms. The van der Waals surface area contributed by atoms with Crippen LogP contribution in [0.5, 0.6) is 11.5 Å². The fourth-order valence-electron chi connectivity index (χ4n) is 3.42. The summed E-state index contributed by atoms with van der Waals surface area (Å²) in [4.78, 5) is 13.0. The maximum absolute atomic E-state index is 13.1. The summed E-state index contributed by atoms with van der Waals surface area (Å²) in [6, 6.07) is 14.8. The van der Waals surface area contributed by atoms with Crippen molar-refractivity contribution in [1.82, 2.24) is 0 Å². The average molecular weight is 482 g/mol. The van der Waals surface area contributed by atoms with E-state index in [4.69, 9.17) is 19.0 Å². The highest BCUT2D eigenvalue weighted by molar-refractivity contribution is 7.89. The Hall–Kier alpha value is -3.89. The number of primary sulfonamides is 1. The Morgan fingerprint density at radius 2 is 1.88 bits per heavy atom. The molecule has 0 fully saturated rings. The molecule has 0 saturated heterocycles. The van der Waals surface area contributed by atoms with Crippen molar-refractivity contribution >= 4 is 33.4 Å². The number of sulfonamides is 1. The van der Waals surface area contributed by atoms with Gasteiger partial charge in [0, 0.05) is 0 Å². The second kappa shape index (κ2) is 9.16. The highest BCUT2D eigenvalue weighted by atomic mass is 32.2. The van der Waals surface area contributed by atoms with Gasteiger partial charge in [0.2, 0.25) is 10.0 Å². The minimum Gasteiger partial charge on any atom is -0.493 e. The normalized spacial score (nSPS) is 15.1. The fourth-order valence-corrected chi connectivity index (χ4v) is 3.98. The van der Waals surface area contributed by atoms with Crippen LogP contribution in [0.4, 0.5) is 5.69 Å². The SMILES string of the molecule is COc1cc(/C=C2\C(=O)N(c3cccc(S(N)(=O)=O)c3)N=C2C)ccc1OCc1ccc(C)o1. The van der Waals surface area contributed by atoms with Crippen molar-refractivity contribution in [1.29, 1.82) is 0 Å². The number of ether oxygens (including phenoxy) is 2. The van der Waals surface area contributed by atoms with Crippen LogP contribution < -0.4 is 19.6 Å². The molecule has 10 heteroatoms. The molecule has 0 atom stereocenters. The maximum Gasteiger partial charge on any atom is 0.280 e. The molecular weight excluding hydrogens is 458 g/mol. The van der Waals surface area contributed by atoms with Gasteiger partial charge >= 0.3 is 0 Å². The summed E-state index contributed by atoms with van der Waals surface area (Å²) in [5, 5.41) is 10.6. The van der Waals surface area contributed by atoms with E-state index in [1.165, 1.54) is 25.3 Å². The third-order valence-electron chi connectivity index (χ3n) is 5.12. The van der Waals surface area contributed by atoms with Crippen LogP contribution in [0.25, 0.3) is 6.08 Å². The number of furan rings is 1. The van der Waals surface area contributed by atoms with E-state index in [0.29, 0.717) is 39.8 Å². The summed E-state index contributed by atoms with van der Waals surface area (Å²) < 4.78 is 40.1. The standard InChI is InChI=1S/C24H23N3O6S/c1-15-7-9-19(33-15)14-32-22-10-8-17(12-23(22)31-3)11-21-16(2)26-27(24(21)28)18-5-4-6-20(13-18)34(25,29)30/h4-13H,14H2,1-3H3,(H2,25,29,30)/b21-11-. The van der Waals surface area contributed by atoms with Gasteiger partial charge in [0.05, 0.1) is 29.0 Å². The molecule has 1 amide bonds. The van der Waals surface area contributed by atoms with E-state index < -0.39 is 15.9 Å². The van der Waals surface area contributed by atoms with Crippen LogP contribution in [0, 0.1) is 6.92 Å². The summed E-state index contributed by atoms with van der Waals surface area (Å²) in [7, 11) is -2.38. The number of benzene rings is 2. The molecular formula is C24H23N3O6S. The molecule has 1 aliphatic heterocycles. The van der Waals surface area contributed by atoms with Crippen LogP contribution in [0.1, 0.15) is 24.0 Å². The number of hydrazone groups is 1. The van der Waals surface area contributed by atoms with Crippen LogP contribution in [0.2, 0.25) is 0 Å². The summed E-state index contributed by atoms with van der Waals surface area (Å²) in [6.07, 6.45) is 1.69. The molecule has 2 heterocycles. The number of hydrogen-bond donors (Lipinski definition) is 1. The Balaban J connectivity index is 1.57. The first-order chi connectivity index (χ1) is 16.2. The van der Waals surface area contributed by atoms with Gasteiger partial charge in [-0.15, -0.1) is 0 Å². The molecule has 3 aromatic rings. The number of nitrogens with zero attached hydrogens (tertiary/aromatic N) is 2. The second-order valence-electron chi connectivity index (χ2n) is 7.61. The first-order valence-corrected chi connectivity index (χ1v) is 11.8. The first-order valence-electron chi connectivity index (χ1n) is 10.3. The monoisotopic (exact) mass is 481 g/mol. The van der Waals surface area contributed by atoms with E-state index in [-0.39, 0.29) is 11.5 Å². The number of carbonyl (C=O) groups excluding carboxylic acids is 1. The van der Waals surface area contributed by atoms with Gasteiger partial charge in [0.15, 0.2) is 11.5 Å². The summed E-state index contributed by atoms with van der Waals surface area (Å²) in [6.45, 7) is 3.81. The predicted molar refractivity (Wildman–Crippen MR) is 127 cm³/mol. The Morgan fingerprint density at radius 1 is 1.09 bits per heavy atom. The molecule has 0 unspecified atom stereocenters. The van der Waals surface area contributed by atoms with Crippen LogP contribution in [-0.4, -0.2) is 27.1 Å². The maximum atomic E-state index is 13.1. The van der Waals surface area contributed by atoms with Gasteiger partial charge in [0.1, 0.15) is 18.1 Å². The zero-order chi connectivity index (χ0) is 24.5. The van der Waals surface area contributed by atoms with Crippen molar-refractivity contribution in [2.75, 3.05) is 12.1 Å². The Kier molecular flexibility index (Phi) is 6.27. The lowest BCUT2D eigenvalue weighted by Gasteiger charge is -2.13. The van der Waals surface area contributed by atoms with E-state index >= 15 is 0 Å². The van der Waals surface area contributed by atoms with Gasteiger partial charge in [-0.3, -0.25) is 4.79 Å². The summed E-state index contributed by atoms with van der Waals surface area (Å²) in [5.41, 5.74) is 1.85. The highest BCUT2D eigenvalue weighted by Gasteiger charge is 2.29. The lowest BCUT2D eigenvalue weighted by atomic mass is 10.1. The van der Waals surface area contributed by atoms with Crippen molar-refractivity contribution in [3.8, 4) is 11.5 Å². The van der Waals surface area contributed by atoms with Gasteiger partial charge in [-0.2, -0.15) is 10.1 Å². The number of rotatable bonds is 7. The van der Waals surface area contributed by atoms with Crippen LogP contribution in [0.15, 0.2) is 74.6 Å². The Bertz CT molecular complexity index is 1420. The molecule has 9 nitrogen and oxygen atoms in total. The highest BCUT2D eigenvalue weighted by Crippen LogP contribution is 2.31. The number of carbonyl (C=O) groups is 1. The number of methoxy groups -OCH3 is 1. The number of aryl methyl sites for hydroxylation is 1. The second-order valence-corrected chi connectivity index (χ2v) is 9.18. The van der Waals surface area contributed by atoms with Gasteiger partial charge in [-0.1, -0.05) is 12.1 Å². The van der Waals surface area contributed by atoms with E-state index in [2.05, 4.69) is 5.10 Å². The summed E-state index contributed by atoms with van der Waals surface area (Å²) in [5.74, 6) is 2.13. The van der Waals surface area contributed by atoms with E-state index in [0.717, 1.165) is 10.8 Å². The predicted octanol–water partition coefficient (Wildman–Crippen LogP) is 3.63. The third kappa shape index (κ3) is 4.87. The van der Waals surface area contributed by atoms with Crippen LogP contribution in [-0.2, 0) is 21.4 Å². The van der Waals surface area contributed by atoms with E-state index in [1.54, 1.807) is 37.3 Å². The molecule has 0 aliphatic carbocycles. The lowest BCUT2D eigenvalue weighted by molar-refractivity contribution is -0.114. The fraction of sp³-hybridized carbons (Fsp3) is 0.167. The molecule has 0 saturated carbocycles. The molecule has 0 radical (unpaired) electrons.